The smallest absolute Gasteiger partial charge is 0.303 e. The molecule has 0 aromatic carbocycles. The molecule has 0 fully saturated rings. The summed E-state index contributed by atoms with van der Waals surface area (Å²) in [6, 6.07) is 0. The standard InChI is InChI=1S/C20H30O4/c1-2-3-9-13-18(21)14-10-7-5-4-6-8-11-15-19(22)16-12-17-20(23)24/h5-8,10-11,14-15,18,21H,2-4,9,12-13,16-17H2,1H3,(H,23,24)/b7-5-,8-6+,14-10-,15-11-/t18-/m0/s1. The first-order valence-corrected chi connectivity index (χ1v) is 8.65. The third-order valence-electron chi connectivity index (χ3n) is 3.30. The van der Waals surface area contributed by atoms with Crippen LogP contribution in [0.3, 0.4) is 0 Å². The van der Waals surface area contributed by atoms with Crippen LogP contribution in [-0.4, -0.2) is 28.1 Å². The minimum absolute atomic E-state index is 0.0288. The minimum Gasteiger partial charge on any atom is -0.481 e. The van der Waals surface area contributed by atoms with E-state index in [1.165, 1.54) is 6.08 Å². The van der Waals surface area contributed by atoms with Gasteiger partial charge in [-0.25, -0.2) is 0 Å². The van der Waals surface area contributed by atoms with Gasteiger partial charge in [-0.2, -0.15) is 0 Å². The predicted molar refractivity (Wildman–Crippen MR) is 97.8 cm³/mol. The van der Waals surface area contributed by atoms with Crippen molar-refractivity contribution in [1.29, 1.82) is 0 Å². The van der Waals surface area contributed by atoms with Crippen molar-refractivity contribution in [2.45, 2.75) is 64.4 Å². The van der Waals surface area contributed by atoms with Crippen LogP contribution in [0.4, 0.5) is 0 Å². The summed E-state index contributed by atoms with van der Waals surface area (Å²) in [5.41, 5.74) is 0. The Morgan fingerprint density at radius 3 is 2.33 bits per heavy atom. The van der Waals surface area contributed by atoms with Crippen LogP contribution in [-0.2, 0) is 9.59 Å². The van der Waals surface area contributed by atoms with Gasteiger partial charge in [0.25, 0.3) is 0 Å². The number of allylic oxidation sites excluding steroid dienone is 7. The maximum absolute atomic E-state index is 11.4. The minimum atomic E-state index is -0.874. The van der Waals surface area contributed by atoms with Crippen molar-refractivity contribution in [3.05, 3.63) is 48.6 Å². The van der Waals surface area contributed by atoms with Crippen LogP contribution in [0, 0.1) is 0 Å². The molecule has 0 amide bonds. The second kappa shape index (κ2) is 15.9. The first kappa shape index (κ1) is 22.1. The van der Waals surface area contributed by atoms with Crippen molar-refractivity contribution in [3.63, 3.8) is 0 Å². The Kier molecular flexibility index (Phi) is 14.6. The molecule has 0 aliphatic rings. The van der Waals surface area contributed by atoms with Crippen molar-refractivity contribution in [3.8, 4) is 0 Å². The summed E-state index contributed by atoms with van der Waals surface area (Å²) < 4.78 is 0. The SMILES string of the molecule is CCCCC[C@H](O)/C=C\C=C/C/C=C/C=C\C(=O)CCCC(=O)O. The molecule has 0 aromatic rings. The van der Waals surface area contributed by atoms with Crippen LogP contribution in [0.1, 0.15) is 58.3 Å². The van der Waals surface area contributed by atoms with Gasteiger partial charge < -0.3 is 10.2 Å². The van der Waals surface area contributed by atoms with Gasteiger partial charge in [0.05, 0.1) is 6.10 Å². The molecule has 0 heterocycles. The number of carboxylic acid groups (broad SMARTS) is 1. The van der Waals surface area contributed by atoms with E-state index in [0.717, 1.165) is 32.1 Å². The Morgan fingerprint density at radius 1 is 0.958 bits per heavy atom. The molecule has 0 aromatic heterocycles. The molecule has 0 radical (unpaired) electrons. The number of carboxylic acids is 1. The van der Waals surface area contributed by atoms with Crippen LogP contribution in [0.15, 0.2) is 48.6 Å². The number of hydrogen-bond donors (Lipinski definition) is 2. The second-order valence-corrected chi connectivity index (χ2v) is 5.61. The lowest BCUT2D eigenvalue weighted by Gasteiger charge is -2.02. The van der Waals surface area contributed by atoms with Gasteiger partial charge in [-0.3, -0.25) is 9.59 Å². The van der Waals surface area contributed by atoms with E-state index in [-0.39, 0.29) is 24.7 Å². The number of aliphatic carboxylic acids is 1. The zero-order valence-corrected chi connectivity index (χ0v) is 14.6. The predicted octanol–water partition coefficient (Wildman–Crippen LogP) is 4.37. The third kappa shape index (κ3) is 16.4. The molecule has 4 nitrogen and oxygen atoms in total. The summed E-state index contributed by atoms with van der Waals surface area (Å²) >= 11 is 0. The van der Waals surface area contributed by atoms with Gasteiger partial charge in [-0.15, -0.1) is 0 Å². The summed E-state index contributed by atoms with van der Waals surface area (Å²) in [4.78, 5) is 21.7. The molecule has 4 heteroatoms. The summed E-state index contributed by atoms with van der Waals surface area (Å²) in [6.45, 7) is 2.14. The third-order valence-corrected chi connectivity index (χ3v) is 3.30. The van der Waals surface area contributed by atoms with Gasteiger partial charge in [-0.1, -0.05) is 68.7 Å². The highest BCUT2D eigenvalue weighted by atomic mass is 16.4. The molecule has 0 rings (SSSR count). The summed E-state index contributed by atoms with van der Waals surface area (Å²) in [5.74, 6) is -0.933. The first-order valence-electron chi connectivity index (χ1n) is 8.65. The van der Waals surface area contributed by atoms with E-state index in [1.807, 2.05) is 24.3 Å². The highest BCUT2D eigenvalue weighted by Crippen LogP contribution is 2.04. The van der Waals surface area contributed by atoms with Crippen LogP contribution in [0.5, 0.6) is 0 Å². The maximum atomic E-state index is 11.4. The van der Waals surface area contributed by atoms with Gasteiger partial charge in [0, 0.05) is 12.8 Å². The average molecular weight is 334 g/mol. The number of aliphatic hydroxyl groups is 1. The largest absolute Gasteiger partial charge is 0.481 e. The lowest BCUT2D eigenvalue weighted by Crippen LogP contribution is -2.00. The van der Waals surface area contributed by atoms with E-state index < -0.39 is 5.97 Å². The molecule has 24 heavy (non-hydrogen) atoms. The average Bonchev–Trinajstić information content (AvgIpc) is 2.53. The fourth-order valence-corrected chi connectivity index (χ4v) is 1.95. The van der Waals surface area contributed by atoms with Crippen LogP contribution in [0.25, 0.3) is 0 Å². The fraction of sp³-hybridized carbons (Fsp3) is 0.500. The number of rotatable bonds is 14. The van der Waals surface area contributed by atoms with E-state index in [4.69, 9.17) is 5.11 Å². The Labute approximate surface area is 145 Å². The molecule has 0 saturated carbocycles. The number of hydrogen-bond acceptors (Lipinski definition) is 3. The quantitative estimate of drug-likeness (QED) is 0.281. The lowest BCUT2D eigenvalue weighted by molar-refractivity contribution is -0.137. The van der Waals surface area contributed by atoms with E-state index in [1.54, 1.807) is 18.2 Å². The Morgan fingerprint density at radius 2 is 1.67 bits per heavy atom. The van der Waals surface area contributed by atoms with E-state index in [2.05, 4.69) is 6.92 Å². The first-order chi connectivity index (χ1) is 11.6. The van der Waals surface area contributed by atoms with Crippen molar-refractivity contribution in [2.24, 2.45) is 0 Å². The van der Waals surface area contributed by atoms with Gasteiger partial charge in [0.2, 0.25) is 0 Å². The number of carbonyl (C=O) groups is 2. The van der Waals surface area contributed by atoms with Crippen LogP contribution in [0.2, 0.25) is 0 Å². The maximum Gasteiger partial charge on any atom is 0.303 e. The molecule has 0 unspecified atom stereocenters. The van der Waals surface area contributed by atoms with Gasteiger partial charge >= 0.3 is 5.97 Å². The van der Waals surface area contributed by atoms with Crippen molar-refractivity contribution < 1.29 is 19.8 Å². The lowest BCUT2D eigenvalue weighted by atomic mass is 10.1. The van der Waals surface area contributed by atoms with Gasteiger partial charge in [0.15, 0.2) is 5.78 Å². The molecule has 0 bridgehead atoms. The Hall–Kier alpha value is -1.94. The topological polar surface area (TPSA) is 74.6 Å². The monoisotopic (exact) mass is 334 g/mol. The molecule has 0 aliphatic carbocycles. The zero-order valence-electron chi connectivity index (χ0n) is 14.6. The molecule has 134 valence electrons. The number of unbranched alkanes of at least 4 members (excludes halogenated alkanes) is 2. The van der Waals surface area contributed by atoms with Crippen molar-refractivity contribution in [1.82, 2.24) is 0 Å². The molecule has 0 aliphatic heterocycles. The van der Waals surface area contributed by atoms with Gasteiger partial charge in [0.1, 0.15) is 0 Å². The van der Waals surface area contributed by atoms with Crippen LogP contribution < -0.4 is 0 Å². The zero-order chi connectivity index (χ0) is 18.0. The van der Waals surface area contributed by atoms with E-state index >= 15 is 0 Å². The molecule has 0 saturated heterocycles. The second-order valence-electron chi connectivity index (χ2n) is 5.61. The van der Waals surface area contributed by atoms with Crippen molar-refractivity contribution in [2.75, 3.05) is 0 Å². The number of carbonyl (C=O) groups excluding carboxylic acids is 1. The van der Waals surface area contributed by atoms with Crippen molar-refractivity contribution >= 4 is 11.8 Å². The summed E-state index contributed by atoms with van der Waals surface area (Å²) in [6.07, 6.45) is 19.6. The Balaban J connectivity index is 3.78. The molecule has 2 N–H and O–H groups in total. The number of ketones is 1. The molecular formula is C20H30O4. The summed E-state index contributed by atoms with van der Waals surface area (Å²) in [5, 5.41) is 18.2. The molecule has 1 atom stereocenters. The highest BCUT2D eigenvalue weighted by Gasteiger charge is 2.00. The van der Waals surface area contributed by atoms with E-state index in [0.29, 0.717) is 6.42 Å². The Bertz CT molecular complexity index is 458. The summed E-state index contributed by atoms with van der Waals surface area (Å²) in [7, 11) is 0. The highest BCUT2D eigenvalue weighted by molar-refractivity contribution is 5.90. The van der Waals surface area contributed by atoms with E-state index in [9.17, 15) is 14.7 Å². The molecular weight excluding hydrogens is 304 g/mol. The number of aliphatic hydroxyl groups excluding tert-OH is 1. The van der Waals surface area contributed by atoms with Crippen LogP contribution >= 0.6 is 0 Å². The fourth-order valence-electron chi connectivity index (χ4n) is 1.95. The normalized spacial score (nSPS) is 13.6. The van der Waals surface area contributed by atoms with Gasteiger partial charge in [-0.05, 0) is 25.3 Å². The molecule has 0 spiro atoms.